The van der Waals surface area contributed by atoms with Crippen molar-refractivity contribution in [2.75, 3.05) is 13.6 Å². The van der Waals surface area contributed by atoms with Crippen molar-refractivity contribution in [3.8, 4) is 11.3 Å². The van der Waals surface area contributed by atoms with Gasteiger partial charge in [0.2, 0.25) is 0 Å². The molecule has 2 rings (SSSR count). The number of benzene rings is 1. The van der Waals surface area contributed by atoms with Gasteiger partial charge in [0.25, 0.3) is 5.91 Å². The van der Waals surface area contributed by atoms with Gasteiger partial charge in [-0.1, -0.05) is 13.3 Å². The van der Waals surface area contributed by atoms with Gasteiger partial charge in [0.15, 0.2) is 0 Å². The number of nitrogens with one attached hydrogen (secondary N) is 1. The predicted octanol–water partition coefficient (Wildman–Crippen LogP) is 3.09. The summed E-state index contributed by atoms with van der Waals surface area (Å²) in [5, 5.41) is 6.85. The largest absolute Gasteiger partial charge is 0.340 e. The summed E-state index contributed by atoms with van der Waals surface area (Å²) in [6, 6.07) is 7.72. The third kappa shape index (κ3) is 3.23. The van der Waals surface area contributed by atoms with E-state index < -0.39 is 0 Å². The lowest BCUT2D eigenvalue weighted by molar-refractivity contribution is 0.0787. The van der Waals surface area contributed by atoms with Gasteiger partial charge in [-0.15, -0.1) is 0 Å². The molecule has 1 aromatic heterocycles. The maximum absolute atomic E-state index is 12.9. The number of carbonyl (C=O) groups excluding carboxylic acids is 1. The summed E-state index contributed by atoms with van der Waals surface area (Å²) in [6.07, 6.45) is 2.02. The first kappa shape index (κ1) is 14.2. The molecule has 0 saturated carbocycles. The molecule has 2 aromatic rings. The minimum Gasteiger partial charge on any atom is -0.340 e. The molecule has 20 heavy (non-hydrogen) atoms. The fourth-order valence-electron chi connectivity index (χ4n) is 1.90. The second-order valence-corrected chi connectivity index (χ2v) is 4.75. The lowest BCUT2D eigenvalue weighted by Crippen LogP contribution is -2.27. The van der Waals surface area contributed by atoms with E-state index in [0.717, 1.165) is 24.9 Å². The van der Waals surface area contributed by atoms with E-state index in [4.69, 9.17) is 0 Å². The smallest absolute Gasteiger partial charge is 0.271 e. The first-order valence-corrected chi connectivity index (χ1v) is 6.68. The fraction of sp³-hybridized carbons (Fsp3) is 0.333. The Morgan fingerprint density at radius 1 is 1.35 bits per heavy atom. The number of amides is 1. The number of rotatable bonds is 5. The topological polar surface area (TPSA) is 49.0 Å². The van der Waals surface area contributed by atoms with Crippen molar-refractivity contribution < 1.29 is 9.18 Å². The zero-order valence-electron chi connectivity index (χ0n) is 11.7. The molecule has 0 bridgehead atoms. The van der Waals surface area contributed by atoms with E-state index in [-0.39, 0.29) is 11.7 Å². The van der Waals surface area contributed by atoms with Crippen molar-refractivity contribution in [3.63, 3.8) is 0 Å². The molecule has 106 valence electrons. The highest BCUT2D eigenvalue weighted by atomic mass is 19.1. The van der Waals surface area contributed by atoms with Gasteiger partial charge in [0.05, 0.1) is 5.69 Å². The van der Waals surface area contributed by atoms with Gasteiger partial charge in [0.1, 0.15) is 11.5 Å². The fourth-order valence-corrected chi connectivity index (χ4v) is 1.90. The predicted molar refractivity (Wildman–Crippen MR) is 75.9 cm³/mol. The van der Waals surface area contributed by atoms with Gasteiger partial charge in [-0.25, -0.2) is 4.39 Å². The van der Waals surface area contributed by atoms with E-state index in [2.05, 4.69) is 17.1 Å². The quantitative estimate of drug-likeness (QED) is 0.911. The molecule has 1 N–H and O–H groups in total. The van der Waals surface area contributed by atoms with Crippen LogP contribution in [-0.2, 0) is 0 Å². The molecule has 0 aliphatic rings. The van der Waals surface area contributed by atoms with E-state index >= 15 is 0 Å². The molecule has 0 spiro atoms. The molecule has 0 atom stereocenters. The summed E-state index contributed by atoms with van der Waals surface area (Å²) < 4.78 is 12.9. The Bertz CT molecular complexity index is 577. The number of aromatic nitrogens is 2. The Labute approximate surface area is 117 Å². The van der Waals surface area contributed by atoms with E-state index in [0.29, 0.717) is 11.4 Å². The molecule has 0 aliphatic carbocycles. The summed E-state index contributed by atoms with van der Waals surface area (Å²) in [5.41, 5.74) is 1.86. The third-order valence-electron chi connectivity index (χ3n) is 3.14. The highest BCUT2D eigenvalue weighted by molar-refractivity contribution is 5.93. The molecule has 0 saturated heterocycles. The first-order valence-electron chi connectivity index (χ1n) is 6.68. The van der Waals surface area contributed by atoms with Crippen molar-refractivity contribution >= 4 is 5.91 Å². The number of halogens is 1. The summed E-state index contributed by atoms with van der Waals surface area (Å²) in [6.45, 7) is 2.81. The van der Waals surface area contributed by atoms with Crippen LogP contribution in [0.2, 0.25) is 0 Å². The van der Waals surface area contributed by atoms with E-state index in [1.807, 2.05) is 0 Å². The van der Waals surface area contributed by atoms with Crippen LogP contribution >= 0.6 is 0 Å². The normalized spacial score (nSPS) is 10.6. The number of carbonyl (C=O) groups is 1. The maximum atomic E-state index is 12.9. The highest BCUT2D eigenvalue weighted by Crippen LogP contribution is 2.18. The molecule has 1 aromatic carbocycles. The molecule has 0 aliphatic heterocycles. The molecule has 0 fully saturated rings. The molecule has 0 unspecified atom stereocenters. The molecular weight excluding hydrogens is 257 g/mol. The van der Waals surface area contributed by atoms with Crippen LogP contribution in [0.5, 0.6) is 0 Å². The van der Waals surface area contributed by atoms with Crippen LogP contribution in [0.25, 0.3) is 11.3 Å². The van der Waals surface area contributed by atoms with E-state index in [9.17, 15) is 9.18 Å². The number of aromatic amines is 1. The summed E-state index contributed by atoms with van der Waals surface area (Å²) in [7, 11) is 1.77. The molecular formula is C15H18FN3O. The van der Waals surface area contributed by atoms with Gasteiger partial charge in [0, 0.05) is 19.2 Å². The van der Waals surface area contributed by atoms with Crippen molar-refractivity contribution in [1.82, 2.24) is 15.1 Å². The first-order chi connectivity index (χ1) is 9.61. The number of H-pyrrole nitrogens is 1. The highest BCUT2D eigenvalue weighted by Gasteiger charge is 2.14. The Morgan fingerprint density at radius 2 is 2.05 bits per heavy atom. The molecule has 4 nitrogen and oxygen atoms in total. The average Bonchev–Trinajstić information content (AvgIpc) is 2.94. The molecule has 1 amide bonds. The number of nitrogens with zero attached hydrogens (tertiary/aromatic N) is 2. The minimum atomic E-state index is -0.292. The van der Waals surface area contributed by atoms with E-state index in [1.165, 1.54) is 12.1 Å². The Morgan fingerprint density at radius 3 is 2.70 bits per heavy atom. The standard InChI is InChI=1S/C15H18FN3O/c1-3-4-9-19(2)15(20)14-10-13(17-18-14)11-5-7-12(16)8-6-11/h5-8,10H,3-4,9H2,1-2H3,(H,17,18). The monoisotopic (exact) mass is 275 g/mol. The van der Waals surface area contributed by atoms with Crippen molar-refractivity contribution in [2.24, 2.45) is 0 Å². The SMILES string of the molecule is CCCCN(C)C(=O)c1cc(-c2ccc(F)cc2)n[nH]1. The number of hydrogen-bond donors (Lipinski definition) is 1. The molecule has 5 heteroatoms. The summed E-state index contributed by atoms with van der Waals surface area (Å²) >= 11 is 0. The van der Waals surface area contributed by atoms with Gasteiger partial charge in [-0.05, 0) is 36.8 Å². The number of unbranched alkanes of at least 4 members (excludes halogenated alkanes) is 1. The summed E-state index contributed by atoms with van der Waals surface area (Å²) in [4.78, 5) is 13.8. The van der Waals surface area contributed by atoms with E-state index in [1.54, 1.807) is 30.1 Å². The van der Waals surface area contributed by atoms with Crippen LogP contribution in [-0.4, -0.2) is 34.6 Å². The van der Waals surface area contributed by atoms with Gasteiger partial charge < -0.3 is 4.90 Å². The number of hydrogen-bond acceptors (Lipinski definition) is 2. The van der Waals surface area contributed by atoms with Gasteiger partial charge in [-0.2, -0.15) is 5.10 Å². The van der Waals surface area contributed by atoms with Crippen LogP contribution in [0.15, 0.2) is 30.3 Å². The van der Waals surface area contributed by atoms with Crippen molar-refractivity contribution in [3.05, 3.63) is 41.8 Å². The zero-order valence-corrected chi connectivity index (χ0v) is 11.7. The zero-order chi connectivity index (χ0) is 14.5. The van der Waals surface area contributed by atoms with Crippen molar-refractivity contribution in [2.45, 2.75) is 19.8 Å². The molecule has 1 heterocycles. The van der Waals surface area contributed by atoms with Crippen LogP contribution < -0.4 is 0 Å². The Balaban J connectivity index is 2.12. The van der Waals surface area contributed by atoms with Gasteiger partial charge in [-0.3, -0.25) is 9.89 Å². The minimum absolute atomic E-state index is 0.0840. The van der Waals surface area contributed by atoms with Crippen LogP contribution in [0.1, 0.15) is 30.3 Å². The maximum Gasteiger partial charge on any atom is 0.271 e. The third-order valence-corrected chi connectivity index (χ3v) is 3.14. The van der Waals surface area contributed by atoms with Gasteiger partial charge >= 0.3 is 0 Å². The average molecular weight is 275 g/mol. The summed E-state index contributed by atoms with van der Waals surface area (Å²) in [5.74, 6) is -0.376. The van der Waals surface area contributed by atoms with Crippen LogP contribution in [0.3, 0.4) is 0 Å². The second-order valence-electron chi connectivity index (χ2n) is 4.75. The lowest BCUT2D eigenvalue weighted by Gasteiger charge is -2.15. The van der Waals surface area contributed by atoms with Crippen LogP contribution in [0.4, 0.5) is 4.39 Å². The Hall–Kier alpha value is -2.17. The van der Waals surface area contributed by atoms with Crippen LogP contribution in [0, 0.1) is 5.82 Å². The lowest BCUT2D eigenvalue weighted by atomic mass is 10.1. The van der Waals surface area contributed by atoms with Crippen molar-refractivity contribution in [1.29, 1.82) is 0 Å². The second kappa shape index (κ2) is 6.32. The molecule has 0 radical (unpaired) electrons. The Kier molecular flexibility index (Phi) is 4.50.